The topological polar surface area (TPSA) is 35.5 Å². The fraction of sp³-hybridized carbons (Fsp3) is 0.409. The predicted molar refractivity (Wildman–Crippen MR) is 101 cm³/mol. The summed E-state index contributed by atoms with van der Waals surface area (Å²) in [5, 5.41) is 0. The Morgan fingerprint density at radius 2 is 1.60 bits per heavy atom. The van der Waals surface area contributed by atoms with Gasteiger partial charge in [-0.15, -0.1) is 0 Å². The predicted octanol–water partition coefficient (Wildman–Crippen LogP) is 6.10. The summed E-state index contributed by atoms with van der Waals surface area (Å²) in [6.45, 7) is 4.71. The molecule has 0 aliphatic rings. The Hall–Kier alpha value is -2.29. The maximum atomic E-state index is 12.7. The SMILES string of the molecule is CCCCOC(=O)C(CCCC)c1ccccc1Oc1ccccc1. The van der Waals surface area contributed by atoms with Crippen molar-refractivity contribution >= 4 is 5.97 Å². The highest BCUT2D eigenvalue weighted by molar-refractivity contribution is 5.79. The second-order valence-electron chi connectivity index (χ2n) is 6.17. The highest BCUT2D eigenvalue weighted by Gasteiger charge is 2.25. The summed E-state index contributed by atoms with van der Waals surface area (Å²) in [7, 11) is 0. The Labute approximate surface area is 151 Å². The lowest BCUT2D eigenvalue weighted by Crippen LogP contribution is -2.17. The molecule has 0 saturated carbocycles. The van der Waals surface area contributed by atoms with E-state index in [1.165, 1.54) is 0 Å². The van der Waals surface area contributed by atoms with Gasteiger partial charge in [0.15, 0.2) is 0 Å². The van der Waals surface area contributed by atoms with E-state index in [0.29, 0.717) is 6.61 Å². The molecule has 0 N–H and O–H groups in total. The molecule has 2 aromatic rings. The van der Waals surface area contributed by atoms with E-state index in [2.05, 4.69) is 13.8 Å². The molecule has 3 nitrogen and oxygen atoms in total. The minimum absolute atomic E-state index is 0.147. The van der Waals surface area contributed by atoms with Gasteiger partial charge in [0.1, 0.15) is 11.5 Å². The minimum Gasteiger partial charge on any atom is -0.465 e. The van der Waals surface area contributed by atoms with Gasteiger partial charge in [0.05, 0.1) is 12.5 Å². The molecule has 2 aromatic carbocycles. The molecule has 0 aromatic heterocycles. The number of unbranched alkanes of at least 4 members (excludes halogenated alkanes) is 2. The monoisotopic (exact) mass is 340 g/mol. The van der Waals surface area contributed by atoms with Crippen LogP contribution >= 0.6 is 0 Å². The zero-order chi connectivity index (χ0) is 17.9. The smallest absolute Gasteiger partial charge is 0.313 e. The first-order chi connectivity index (χ1) is 12.3. The van der Waals surface area contributed by atoms with Crippen LogP contribution in [0.1, 0.15) is 57.4 Å². The summed E-state index contributed by atoms with van der Waals surface area (Å²) >= 11 is 0. The van der Waals surface area contributed by atoms with Crippen LogP contribution in [0.15, 0.2) is 54.6 Å². The summed E-state index contributed by atoms with van der Waals surface area (Å²) in [4.78, 5) is 12.7. The van der Waals surface area contributed by atoms with Crippen molar-refractivity contribution in [3.05, 3.63) is 60.2 Å². The van der Waals surface area contributed by atoms with Crippen molar-refractivity contribution in [2.75, 3.05) is 6.61 Å². The first kappa shape index (κ1) is 19.0. The molecule has 0 bridgehead atoms. The minimum atomic E-state index is -0.281. The van der Waals surface area contributed by atoms with Crippen LogP contribution in [0.4, 0.5) is 0 Å². The average molecular weight is 340 g/mol. The van der Waals surface area contributed by atoms with E-state index in [1.54, 1.807) is 0 Å². The van der Waals surface area contributed by atoms with Crippen molar-refractivity contribution in [2.45, 2.75) is 51.9 Å². The lowest BCUT2D eigenvalue weighted by molar-refractivity contribution is -0.145. The third kappa shape index (κ3) is 5.93. The van der Waals surface area contributed by atoms with Gasteiger partial charge < -0.3 is 9.47 Å². The number of rotatable bonds is 10. The van der Waals surface area contributed by atoms with Crippen LogP contribution in [0.5, 0.6) is 11.5 Å². The second-order valence-corrected chi connectivity index (χ2v) is 6.17. The number of carbonyl (C=O) groups excluding carboxylic acids is 1. The number of hydrogen-bond donors (Lipinski definition) is 0. The Morgan fingerprint density at radius 3 is 2.32 bits per heavy atom. The maximum absolute atomic E-state index is 12.7. The second kappa shape index (κ2) is 10.5. The number of benzene rings is 2. The molecule has 2 rings (SSSR count). The van der Waals surface area contributed by atoms with Gasteiger partial charge in [-0.05, 0) is 31.0 Å². The largest absolute Gasteiger partial charge is 0.465 e. The molecule has 134 valence electrons. The third-order valence-corrected chi connectivity index (χ3v) is 4.14. The fourth-order valence-corrected chi connectivity index (χ4v) is 2.70. The van der Waals surface area contributed by atoms with E-state index >= 15 is 0 Å². The van der Waals surface area contributed by atoms with Gasteiger partial charge >= 0.3 is 5.97 Å². The number of esters is 1. The van der Waals surface area contributed by atoms with Gasteiger partial charge in [-0.3, -0.25) is 4.79 Å². The van der Waals surface area contributed by atoms with Crippen LogP contribution in [-0.2, 0) is 9.53 Å². The molecule has 1 unspecified atom stereocenters. The highest BCUT2D eigenvalue weighted by Crippen LogP contribution is 2.34. The Bertz CT molecular complexity index is 637. The van der Waals surface area contributed by atoms with Crippen LogP contribution in [0.25, 0.3) is 0 Å². The summed E-state index contributed by atoms with van der Waals surface area (Å²) < 4.78 is 11.5. The number of carbonyl (C=O) groups is 1. The van der Waals surface area contributed by atoms with E-state index in [0.717, 1.165) is 49.2 Å². The van der Waals surface area contributed by atoms with Crippen LogP contribution in [0.2, 0.25) is 0 Å². The van der Waals surface area contributed by atoms with Crippen molar-refractivity contribution in [3.63, 3.8) is 0 Å². The lowest BCUT2D eigenvalue weighted by atomic mass is 9.93. The molecule has 25 heavy (non-hydrogen) atoms. The molecule has 0 fully saturated rings. The first-order valence-corrected chi connectivity index (χ1v) is 9.24. The van der Waals surface area contributed by atoms with E-state index in [9.17, 15) is 4.79 Å². The zero-order valence-electron chi connectivity index (χ0n) is 15.2. The van der Waals surface area contributed by atoms with E-state index in [1.807, 2.05) is 54.6 Å². The molecule has 3 heteroatoms. The number of ether oxygens (including phenoxy) is 2. The molecular formula is C22H28O3. The van der Waals surface area contributed by atoms with Crippen LogP contribution < -0.4 is 4.74 Å². The molecule has 0 radical (unpaired) electrons. The molecule has 0 heterocycles. The molecule has 0 spiro atoms. The van der Waals surface area contributed by atoms with Crippen molar-refractivity contribution < 1.29 is 14.3 Å². The number of hydrogen-bond acceptors (Lipinski definition) is 3. The van der Waals surface area contributed by atoms with Crippen molar-refractivity contribution in [1.82, 2.24) is 0 Å². The molecule has 0 saturated heterocycles. The van der Waals surface area contributed by atoms with Crippen LogP contribution in [0.3, 0.4) is 0 Å². The lowest BCUT2D eigenvalue weighted by Gasteiger charge is -2.19. The molecule has 1 atom stereocenters. The fourth-order valence-electron chi connectivity index (χ4n) is 2.70. The Balaban J connectivity index is 2.22. The van der Waals surface area contributed by atoms with Crippen LogP contribution in [-0.4, -0.2) is 12.6 Å². The van der Waals surface area contributed by atoms with Crippen molar-refractivity contribution in [1.29, 1.82) is 0 Å². The number of para-hydroxylation sites is 2. The highest BCUT2D eigenvalue weighted by atomic mass is 16.5. The summed E-state index contributed by atoms with van der Waals surface area (Å²) in [6.07, 6.45) is 4.71. The van der Waals surface area contributed by atoms with Gasteiger partial charge in [-0.25, -0.2) is 0 Å². The molecule has 0 amide bonds. The van der Waals surface area contributed by atoms with E-state index in [4.69, 9.17) is 9.47 Å². The van der Waals surface area contributed by atoms with Crippen LogP contribution in [0, 0.1) is 0 Å². The summed E-state index contributed by atoms with van der Waals surface area (Å²) in [5.41, 5.74) is 0.904. The quantitative estimate of drug-likeness (QED) is 0.387. The third-order valence-electron chi connectivity index (χ3n) is 4.14. The van der Waals surface area contributed by atoms with Gasteiger partial charge in [-0.2, -0.15) is 0 Å². The Kier molecular flexibility index (Phi) is 8.03. The van der Waals surface area contributed by atoms with Gasteiger partial charge in [0.25, 0.3) is 0 Å². The van der Waals surface area contributed by atoms with E-state index < -0.39 is 0 Å². The first-order valence-electron chi connectivity index (χ1n) is 9.24. The molecular weight excluding hydrogens is 312 g/mol. The van der Waals surface area contributed by atoms with Gasteiger partial charge in [0.2, 0.25) is 0 Å². The Morgan fingerprint density at radius 1 is 0.920 bits per heavy atom. The standard InChI is InChI=1S/C22H28O3/c1-3-5-14-20(22(23)24-17-6-4-2)19-15-10-11-16-21(19)25-18-12-8-7-9-13-18/h7-13,15-16,20H,3-6,14,17H2,1-2H3. The molecule has 0 aliphatic carbocycles. The van der Waals surface area contributed by atoms with Crippen molar-refractivity contribution in [3.8, 4) is 11.5 Å². The zero-order valence-corrected chi connectivity index (χ0v) is 15.2. The normalized spacial score (nSPS) is 11.8. The molecule has 0 aliphatic heterocycles. The summed E-state index contributed by atoms with van der Waals surface area (Å²) in [5.74, 6) is 1.06. The average Bonchev–Trinajstić information content (AvgIpc) is 2.64. The van der Waals surface area contributed by atoms with Gasteiger partial charge in [0, 0.05) is 5.56 Å². The maximum Gasteiger partial charge on any atom is 0.313 e. The van der Waals surface area contributed by atoms with Gasteiger partial charge in [-0.1, -0.05) is 69.5 Å². The summed E-state index contributed by atoms with van der Waals surface area (Å²) in [6, 6.07) is 17.4. The van der Waals surface area contributed by atoms with E-state index in [-0.39, 0.29) is 11.9 Å². The van der Waals surface area contributed by atoms with Crippen molar-refractivity contribution in [2.24, 2.45) is 0 Å².